The fraction of sp³-hybridized carbons (Fsp3) is 0.280. The van der Waals surface area contributed by atoms with Crippen LogP contribution >= 0.6 is 22.9 Å². The SMILES string of the molecule is CCc1ccc(-c2c(C(=O)NC[C@@H]3CCCO3)sc3c2cnc2ccc(Cl)cc23)cc1. The van der Waals surface area contributed by atoms with Crippen molar-refractivity contribution in [1.29, 1.82) is 0 Å². The third-order valence-corrected chi connectivity index (χ3v) is 7.33. The molecule has 2 aromatic carbocycles. The number of amides is 1. The van der Waals surface area contributed by atoms with Crippen LogP contribution in [0.15, 0.2) is 48.7 Å². The van der Waals surface area contributed by atoms with Crippen molar-refractivity contribution >= 4 is 49.8 Å². The number of nitrogens with zero attached hydrogens (tertiary/aromatic N) is 1. The van der Waals surface area contributed by atoms with Crippen molar-refractivity contribution in [3.8, 4) is 11.1 Å². The molecule has 0 saturated carbocycles. The van der Waals surface area contributed by atoms with Crippen molar-refractivity contribution in [3.63, 3.8) is 0 Å². The molecule has 1 saturated heterocycles. The predicted octanol–water partition coefficient (Wildman–Crippen LogP) is 6.24. The molecule has 5 rings (SSSR count). The predicted molar refractivity (Wildman–Crippen MR) is 128 cm³/mol. The summed E-state index contributed by atoms with van der Waals surface area (Å²) >= 11 is 7.79. The molecule has 0 unspecified atom stereocenters. The van der Waals surface area contributed by atoms with Crippen molar-refractivity contribution in [2.45, 2.75) is 32.3 Å². The van der Waals surface area contributed by atoms with Crippen LogP contribution in [0.5, 0.6) is 0 Å². The highest BCUT2D eigenvalue weighted by molar-refractivity contribution is 7.22. The molecule has 3 heterocycles. The number of hydrogen-bond acceptors (Lipinski definition) is 4. The summed E-state index contributed by atoms with van der Waals surface area (Å²) in [7, 11) is 0. The van der Waals surface area contributed by atoms with Gasteiger partial charge in [0, 0.05) is 45.4 Å². The van der Waals surface area contributed by atoms with Gasteiger partial charge in [-0.05, 0) is 48.6 Å². The lowest BCUT2D eigenvalue weighted by atomic mass is 9.99. The Balaban J connectivity index is 1.64. The summed E-state index contributed by atoms with van der Waals surface area (Å²) in [5.74, 6) is -0.0681. The van der Waals surface area contributed by atoms with Crippen molar-refractivity contribution in [2.24, 2.45) is 0 Å². The van der Waals surface area contributed by atoms with E-state index >= 15 is 0 Å². The fourth-order valence-corrected chi connectivity index (χ4v) is 5.56. The topological polar surface area (TPSA) is 51.2 Å². The quantitative estimate of drug-likeness (QED) is 0.391. The third-order valence-electron chi connectivity index (χ3n) is 5.85. The minimum absolute atomic E-state index is 0.0681. The fourth-order valence-electron chi connectivity index (χ4n) is 4.15. The molecule has 1 aliphatic heterocycles. The number of aryl methyl sites for hydroxylation is 1. The molecule has 2 aromatic heterocycles. The first-order valence-electron chi connectivity index (χ1n) is 10.6. The minimum atomic E-state index is -0.0681. The number of hydrogen-bond donors (Lipinski definition) is 1. The van der Waals surface area contributed by atoms with Crippen LogP contribution in [0.3, 0.4) is 0 Å². The third kappa shape index (κ3) is 3.93. The van der Waals surface area contributed by atoms with E-state index in [9.17, 15) is 4.79 Å². The number of pyridine rings is 1. The van der Waals surface area contributed by atoms with E-state index in [4.69, 9.17) is 16.3 Å². The van der Waals surface area contributed by atoms with Crippen molar-refractivity contribution in [3.05, 3.63) is 64.1 Å². The van der Waals surface area contributed by atoms with Crippen LogP contribution < -0.4 is 5.32 Å². The van der Waals surface area contributed by atoms with E-state index < -0.39 is 0 Å². The monoisotopic (exact) mass is 450 g/mol. The van der Waals surface area contributed by atoms with Crippen LogP contribution in [-0.2, 0) is 11.2 Å². The molecule has 1 N–H and O–H groups in total. The summed E-state index contributed by atoms with van der Waals surface area (Å²) in [6.07, 6.45) is 5.00. The molecule has 0 spiro atoms. The standard InChI is InChI=1S/C25H23ClN2O2S/c1-2-15-5-7-16(8-6-15)22-20-14-27-21-10-9-17(26)12-19(21)23(20)31-24(22)25(29)28-13-18-4-3-11-30-18/h5-10,12,14,18H,2-4,11,13H2,1H3,(H,28,29)/t18-/m0/s1. The zero-order chi connectivity index (χ0) is 21.4. The maximum Gasteiger partial charge on any atom is 0.262 e. The molecule has 4 aromatic rings. The molecule has 158 valence electrons. The summed E-state index contributed by atoms with van der Waals surface area (Å²) in [5, 5.41) is 5.70. The molecule has 0 bridgehead atoms. The van der Waals surface area contributed by atoms with E-state index in [2.05, 4.69) is 41.5 Å². The van der Waals surface area contributed by atoms with E-state index in [1.165, 1.54) is 16.9 Å². The summed E-state index contributed by atoms with van der Waals surface area (Å²) < 4.78 is 6.71. The second-order valence-corrected chi connectivity index (χ2v) is 9.32. The van der Waals surface area contributed by atoms with Crippen LogP contribution in [0.2, 0.25) is 5.02 Å². The first-order valence-corrected chi connectivity index (χ1v) is 11.8. The Labute approximate surface area is 190 Å². The minimum Gasteiger partial charge on any atom is -0.376 e. The molecule has 4 nitrogen and oxygen atoms in total. The normalized spacial score (nSPS) is 16.3. The van der Waals surface area contributed by atoms with Crippen LogP contribution in [0.1, 0.15) is 35.0 Å². The zero-order valence-corrected chi connectivity index (χ0v) is 18.9. The largest absolute Gasteiger partial charge is 0.376 e. The number of halogens is 1. The number of aromatic nitrogens is 1. The summed E-state index contributed by atoms with van der Waals surface area (Å²) in [4.78, 5) is 18.6. The Morgan fingerprint density at radius 3 is 2.81 bits per heavy atom. The van der Waals surface area contributed by atoms with Gasteiger partial charge in [0.1, 0.15) is 4.88 Å². The zero-order valence-electron chi connectivity index (χ0n) is 17.3. The lowest BCUT2D eigenvalue weighted by Gasteiger charge is -2.11. The molecule has 0 radical (unpaired) electrons. The highest BCUT2D eigenvalue weighted by atomic mass is 35.5. The van der Waals surface area contributed by atoms with E-state index in [0.717, 1.165) is 58.0 Å². The Hall–Kier alpha value is -2.47. The second kappa shape index (κ2) is 8.58. The first-order chi connectivity index (χ1) is 15.1. The number of benzene rings is 2. The number of ether oxygens (including phenoxy) is 1. The average molecular weight is 451 g/mol. The van der Waals surface area contributed by atoms with Gasteiger partial charge in [-0.3, -0.25) is 9.78 Å². The molecular formula is C25H23ClN2O2S. The van der Waals surface area contributed by atoms with Crippen molar-refractivity contribution in [2.75, 3.05) is 13.2 Å². The highest BCUT2D eigenvalue weighted by Gasteiger charge is 2.23. The Morgan fingerprint density at radius 2 is 2.06 bits per heavy atom. The summed E-state index contributed by atoms with van der Waals surface area (Å²) in [6, 6.07) is 14.1. The molecule has 31 heavy (non-hydrogen) atoms. The van der Waals surface area contributed by atoms with Crippen LogP contribution in [-0.4, -0.2) is 30.1 Å². The Morgan fingerprint density at radius 1 is 1.23 bits per heavy atom. The lowest BCUT2D eigenvalue weighted by Crippen LogP contribution is -2.31. The van der Waals surface area contributed by atoms with E-state index in [1.54, 1.807) is 0 Å². The van der Waals surface area contributed by atoms with E-state index in [0.29, 0.717) is 16.4 Å². The van der Waals surface area contributed by atoms with E-state index in [1.807, 2.05) is 24.4 Å². The summed E-state index contributed by atoms with van der Waals surface area (Å²) in [6.45, 7) is 3.45. The maximum atomic E-state index is 13.3. The Bertz CT molecular complexity index is 1260. The number of fused-ring (bicyclic) bond motifs is 3. The van der Waals surface area contributed by atoms with Gasteiger partial charge < -0.3 is 10.1 Å². The first kappa shape index (κ1) is 20.4. The molecule has 6 heteroatoms. The Kier molecular flexibility index (Phi) is 5.65. The van der Waals surface area contributed by atoms with Gasteiger partial charge >= 0.3 is 0 Å². The number of rotatable bonds is 5. The second-order valence-electron chi connectivity index (χ2n) is 7.86. The van der Waals surface area contributed by atoms with Gasteiger partial charge in [0.25, 0.3) is 5.91 Å². The van der Waals surface area contributed by atoms with E-state index in [-0.39, 0.29) is 12.0 Å². The van der Waals surface area contributed by atoms with Gasteiger partial charge in [-0.15, -0.1) is 11.3 Å². The number of thiophene rings is 1. The average Bonchev–Trinajstić information content (AvgIpc) is 3.45. The van der Waals surface area contributed by atoms with Gasteiger partial charge in [-0.2, -0.15) is 0 Å². The summed E-state index contributed by atoms with van der Waals surface area (Å²) in [5.41, 5.74) is 4.09. The van der Waals surface area contributed by atoms with Crippen molar-refractivity contribution in [1.82, 2.24) is 10.3 Å². The molecular weight excluding hydrogens is 428 g/mol. The smallest absolute Gasteiger partial charge is 0.262 e. The van der Waals surface area contributed by atoms with Gasteiger partial charge in [-0.25, -0.2) is 0 Å². The lowest BCUT2D eigenvalue weighted by molar-refractivity contribution is 0.0861. The number of carbonyl (C=O) groups is 1. The van der Waals surface area contributed by atoms with Crippen LogP contribution in [0.4, 0.5) is 0 Å². The van der Waals surface area contributed by atoms with Gasteiger partial charge in [0.15, 0.2) is 0 Å². The van der Waals surface area contributed by atoms with Crippen molar-refractivity contribution < 1.29 is 9.53 Å². The van der Waals surface area contributed by atoms with Crippen LogP contribution in [0, 0.1) is 0 Å². The van der Waals surface area contributed by atoms with Gasteiger partial charge in [0.05, 0.1) is 11.6 Å². The molecule has 1 amide bonds. The molecule has 1 aliphatic rings. The number of nitrogens with one attached hydrogen (secondary N) is 1. The molecule has 1 atom stereocenters. The molecule has 1 fully saturated rings. The van der Waals surface area contributed by atoms with Gasteiger partial charge in [-0.1, -0.05) is 42.8 Å². The van der Waals surface area contributed by atoms with Gasteiger partial charge in [0.2, 0.25) is 0 Å². The number of carbonyl (C=O) groups excluding carboxylic acids is 1. The molecule has 0 aliphatic carbocycles. The van der Waals surface area contributed by atoms with Crippen LogP contribution in [0.25, 0.3) is 32.1 Å². The maximum absolute atomic E-state index is 13.3. The highest BCUT2D eigenvalue weighted by Crippen LogP contribution is 2.42.